The van der Waals surface area contributed by atoms with Crippen LogP contribution in [-0.4, -0.2) is 33.6 Å². The number of phenolic OH excluding ortho intramolecular Hbond substituents is 1. The zero-order valence-electron chi connectivity index (χ0n) is 17.6. The summed E-state index contributed by atoms with van der Waals surface area (Å²) in [5.41, 5.74) is 1.44. The van der Waals surface area contributed by atoms with Gasteiger partial charge in [-0.25, -0.2) is 9.67 Å². The van der Waals surface area contributed by atoms with Gasteiger partial charge in [-0.3, -0.25) is 0 Å². The molecule has 0 radical (unpaired) electrons. The van der Waals surface area contributed by atoms with E-state index in [4.69, 9.17) is 25.8 Å². The first kappa shape index (κ1) is 23.1. The third-order valence-electron chi connectivity index (χ3n) is 3.88. The molecule has 160 valence electrons. The number of ether oxygens (including phenoxy) is 3. The fourth-order valence-electron chi connectivity index (χ4n) is 2.47. The molecule has 1 N–H and O–H groups in total. The molecule has 0 aliphatic carbocycles. The first-order chi connectivity index (χ1) is 14.5. The minimum absolute atomic E-state index is 0.100. The Morgan fingerprint density at radius 2 is 1.90 bits per heavy atom. The summed E-state index contributed by atoms with van der Waals surface area (Å²) in [6.07, 6.45) is 1.49. The van der Waals surface area contributed by atoms with E-state index in [9.17, 15) is 5.11 Å². The summed E-state index contributed by atoms with van der Waals surface area (Å²) in [4.78, 5) is 4.14. The summed E-state index contributed by atoms with van der Waals surface area (Å²) in [6.45, 7) is 10.3. The summed E-state index contributed by atoms with van der Waals surface area (Å²) < 4.78 is 17.6. The van der Waals surface area contributed by atoms with Crippen molar-refractivity contribution in [3.05, 3.63) is 65.7 Å². The molecule has 0 unspecified atom stereocenters. The Hall–Kier alpha value is -3.19. The van der Waals surface area contributed by atoms with Gasteiger partial charge in [0.1, 0.15) is 18.7 Å². The molecule has 2 aromatic carbocycles. The van der Waals surface area contributed by atoms with E-state index in [0.717, 1.165) is 11.3 Å². The molecule has 7 nitrogen and oxygen atoms in total. The molecular formula is C22H26ClN3O4. The lowest BCUT2D eigenvalue weighted by atomic mass is 10.2. The van der Waals surface area contributed by atoms with E-state index in [1.807, 2.05) is 45.0 Å². The van der Waals surface area contributed by atoms with Crippen LogP contribution in [0.3, 0.4) is 0 Å². The molecule has 0 aliphatic rings. The number of hydrogen-bond acceptors (Lipinski definition) is 6. The van der Waals surface area contributed by atoms with Crippen molar-refractivity contribution < 1.29 is 19.3 Å². The van der Waals surface area contributed by atoms with Gasteiger partial charge in [0.05, 0.1) is 24.4 Å². The number of methoxy groups -OCH3 is 1. The fraction of sp³-hybridized carbons (Fsp3) is 0.273. The van der Waals surface area contributed by atoms with E-state index < -0.39 is 0 Å². The van der Waals surface area contributed by atoms with Gasteiger partial charge in [-0.15, -0.1) is 5.10 Å². The van der Waals surface area contributed by atoms with E-state index >= 15 is 0 Å². The lowest BCUT2D eigenvalue weighted by Crippen LogP contribution is -2.00. The van der Waals surface area contributed by atoms with Crippen LogP contribution in [0.4, 0.5) is 0 Å². The lowest BCUT2D eigenvalue weighted by Gasteiger charge is -2.12. The Morgan fingerprint density at radius 3 is 2.50 bits per heavy atom. The molecule has 30 heavy (non-hydrogen) atoms. The third-order valence-corrected chi connectivity index (χ3v) is 4.16. The van der Waals surface area contributed by atoms with Crippen molar-refractivity contribution in [1.82, 2.24) is 14.8 Å². The highest BCUT2D eigenvalue weighted by Gasteiger charge is 2.14. The van der Waals surface area contributed by atoms with Crippen LogP contribution in [0.5, 0.6) is 17.2 Å². The number of nitrogens with zero attached hydrogens (tertiary/aromatic N) is 3. The van der Waals surface area contributed by atoms with Crippen molar-refractivity contribution in [3.8, 4) is 22.9 Å². The largest absolute Gasteiger partial charge is 0.504 e. The number of hydrogen-bond donors (Lipinski definition) is 1. The van der Waals surface area contributed by atoms with Gasteiger partial charge in [0, 0.05) is 6.07 Å². The van der Waals surface area contributed by atoms with Gasteiger partial charge in [0.15, 0.2) is 17.3 Å². The normalized spacial score (nSPS) is 10.0. The van der Waals surface area contributed by atoms with E-state index in [0.29, 0.717) is 23.9 Å². The molecule has 0 spiro atoms. The molecule has 8 heteroatoms. The molecule has 0 aliphatic heterocycles. The fourth-order valence-corrected chi connectivity index (χ4v) is 2.73. The highest BCUT2D eigenvalue weighted by Crippen LogP contribution is 2.37. The van der Waals surface area contributed by atoms with Gasteiger partial charge >= 0.3 is 0 Å². The quantitative estimate of drug-likeness (QED) is 0.491. The molecule has 3 rings (SSSR count). The van der Waals surface area contributed by atoms with Crippen molar-refractivity contribution >= 4 is 17.4 Å². The maximum absolute atomic E-state index is 10.4. The van der Waals surface area contributed by atoms with Crippen LogP contribution in [0.2, 0.25) is 5.02 Å². The summed E-state index contributed by atoms with van der Waals surface area (Å²) >= 11 is 6.31. The van der Waals surface area contributed by atoms with Crippen molar-refractivity contribution in [1.29, 1.82) is 0 Å². The van der Waals surface area contributed by atoms with Crippen LogP contribution >= 0.6 is 11.6 Å². The van der Waals surface area contributed by atoms with E-state index in [2.05, 4.69) is 16.7 Å². The molecule has 1 heterocycles. The zero-order valence-corrected chi connectivity index (χ0v) is 18.3. The van der Waals surface area contributed by atoms with Crippen LogP contribution in [-0.2, 0) is 11.3 Å². The molecule has 0 saturated heterocycles. The number of rotatable bonds is 8. The number of phenols is 1. The van der Waals surface area contributed by atoms with Gasteiger partial charge in [-0.1, -0.05) is 44.2 Å². The number of halogens is 1. The first-order valence-electron chi connectivity index (χ1n) is 9.54. The van der Waals surface area contributed by atoms with Crippen molar-refractivity contribution in [2.24, 2.45) is 0 Å². The Labute approximate surface area is 181 Å². The molecule has 0 atom stereocenters. The Morgan fingerprint density at radius 1 is 1.20 bits per heavy atom. The second-order valence-electron chi connectivity index (χ2n) is 5.78. The van der Waals surface area contributed by atoms with Gasteiger partial charge in [-0.2, -0.15) is 0 Å². The van der Waals surface area contributed by atoms with E-state index in [1.54, 1.807) is 13.2 Å². The monoisotopic (exact) mass is 431 g/mol. The Kier molecular flexibility index (Phi) is 8.55. The second kappa shape index (κ2) is 11.1. The van der Waals surface area contributed by atoms with Crippen LogP contribution in [0, 0.1) is 0 Å². The predicted octanol–water partition coefficient (Wildman–Crippen LogP) is 5.25. The highest BCUT2D eigenvalue weighted by molar-refractivity contribution is 6.32. The maximum Gasteiger partial charge on any atom is 0.216 e. The minimum Gasteiger partial charge on any atom is -0.504 e. The van der Waals surface area contributed by atoms with Gasteiger partial charge in [-0.05, 0) is 30.7 Å². The Balaban J connectivity index is 0.00000155. The molecule has 0 fully saturated rings. The molecular weight excluding hydrogens is 406 g/mol. The van der Waals surface area contributed by atoms with Crippen LogP contribution < -0.4 is 9.47 Å². The average molecular weight is 432 g/mol. The van der Waals surface area contributed by atoms with Gasteiger partial charge in [0.25, 0.3) is 0 Å². The van der Waals surface area contributed by atoms with E-state index in [1.165, 1.54) is 17.1 Å². The molecule has 1 aromatic heterocycles. The smallest absolute Gasteiger partial charge is 0.216 e. The highest BCUT2D eigenvalue weighted by atomic mass is 35.5. The summed E-state index contributed by atoms with van der Waals surface area (Å²) in [6, 6.07) is 10.5. The summed E-state index contributed by atoms with van der Waals surface area (Å²) in [5, 5.41) is 14.9. The number of aromatic hydroxyl groups is 1. The second-order valence-corrected chi connectivity index (χ2v) is 6.19. The SMILES string of the molecule is C=C(OCC)c1ncn(-c2cc(O)c(OCc3ccc(OC)cc3)c(Cl)c2)n1.CC. The van der Waals surface area contributed by atoms with Crippen molar-refractivity contribution in [3.63, 3.8) is 0 Å². The molecule has 0 bridgehead atoms. The number of aromatic nitrogens is 3. The predicted molar refractivity (Wildman–Crippen MR) is 117 cm³/mol. The zero-order chi connectivity index (χ0) is 22.1. The minimum atomic E-state index is -0.100. The molecule has 3 aromatic rings. The molecule has 0 amide bonds. The first-order valence-corrected chi connectivity index (χ1v) is 9.92. The maximum atomic E-state index is 10.4. The van der Waals surface area contributed by atoms with Crippen LogP contribution in [0.25, 0.3) is 11.4 Å². The van der Waals surface area contributed by atoms with Crippen LogP contribution in [0.15, 0.2) is 49.3 Å². The van der Waals surface area contributed by atoms with E-state index in [-0.39, 0.29) is 23.1 Å². The van der Waals surface area contributed by atoms with Gasteiger partial charge < -0.3 is 19.3 Å². The lowest BCUT2D eigenvalue weighted by molar-refractivity contribution is 0.289. The van der Waals surface area contributed by atoms with Gasteiger partial charge in [0.2, 0.25) is 5.82 Å². The standard InChI is InChI=1S/C20H20ClN3O4.C2H6/c1-4-27-13(2)20-22-12-24(23-20)15-9-17(21)19(18(25)10-15)28-11-14-5-7-16(26-3)8-6-14;1-2/h5-10,12,25H,2,4,11H2,1,3H3;1-2H3. The summed E-state index contributed by atoms with van der Waals surface area (Å²) in [7, 11) is 1.61. The van der Waals surface area contributed by atoms with Crippen molar-refractivity contribution in [2.45, 2.75) is 27.4 Å². The average Bonchev–Trinajstić information content (AvgIpc) is 3.26. The van der Waals surface area contributed by atoms with Crippen molar-refractivity contribution in [2.75, 3.05) is 13.7 Å². The third kappa shape index (κ3) is 5.67. The topological polar surface area (TPSA) is 78.6 Å². The van der Waals surface area contributed by atoms with Crippen LogP contribution in [0.1, 0.15) is 32.2 Å². The number of benzene rings is 2. The molecule has 0 saturated carbocycles. The Bertz CT molecular complexity index is 948. The summed E-state index contributed by atoms with van der Waals surface area (Å²) in [5.74, 6) is 1.58.